The third-order valence-electron chi connectivity index (χ3n) is 4.44. The molecule has 7 nitrogen and oxygen atoms in total. The Hall–Kier alpha value is -1.02. The summed E-state index contributed by atoms with van der Waals surface area (Å²) in [6, 6.07) is 0.277. The monoisotopic (exact) mass is 265 g/mol. The van der Waals surface area contributed by atoms with E-state index < -0.39 is 0 Å². The lowest BCUT2D eigenvalue weighted by atomic mass is 10.1. The quantitative estimate of drug-likeness (QED) is 0.720. The topological polar surface area (TPSA) is 77.7 Å². The molecule has 0 spiro atoms. The van der Waals surface area contributed by atoms with Crippen LogP contribution in [-0.4, -0.2) is 70.4 Å². The predicted molar refractivity (Wildman–Crippen MR) is 66.4 cm³/mol. The van der Waals surface area contributed by atoms with Gasteiger partial charge in [0.15, 0.2) is 5.82 Å². The Morgan fingerprint density at radius 3 is 2.74 bits per heavy atom. The number of rotatable bonds is 2. The fourth-order valence-electron chi connectivity index (χ4n) is 3.29. The Morgan fingerprint density at radius 2 is 2.11 bits per heavy atom. The molecule has 2 bridgehead atoms. The van der Waals surface area contributed by atoms with E-state index in [2.05, 4.69) is 25.3 Å². The minimum absolute atomic E-state index is 0.00679. The molecule has 7 heteroatoms. The number of aliphatic hydroxyl groups excluding tert-OH is 1. The Kier molecular flexibility index (Phi) is 2.80. The van der Waals surface area contributed by atoms with Gasteiger partial charge in [-0.3, -0.25) is 9.80 Å². The van der Waals surface area contributed by atoms with Crippen LogP contribution in [0, 0.1) is 0 Å². The van der Waals surface area contributed by atoms with E-state index in [1.54, 1.807) is 0 Å². The van der Waals surface area contributed by atoms with Crippen molar-refractivity contribution in [2.75, 3.05) is 39.3 Å². The summed E-state index contributed by atoms with van der Waals surface area (Å²) in [5.74, 6) is 1.41. The Balaban J connectivity index is 1.52. The zero-order valence-corrected chi connectivity index (χ0v) is 10.8. The molecule has 0 radical (unpaired) electrons. The summed E-state index contributed by atoms with van der Waals surface area (Å²) in [6.07, 6.45) is 0.350. The molecular weight excluding hydrogens is 246 g/mol. The molecule has 5 rings (SSSR count). The normalized spacial score (nSPS) is 41.8. The molecular formula is C12H19N5O2. The molecule has 4 aliphatic rings. The number of piperazine rings is 3. The molecule has 0 amide bonds. The number of aliphatic hydroxyl groups is 1. The van der Waals surface area contributed by atoms with Crippen LogP contribution in [0.1, 0.15) is 30.2 Å². The first kappa shape index (κ1) is 11.8. The molecule has 3 atom stereocenters. The molecule has 4 aliphatic heterocycles. The van der Waals surface area contributed by atoms with Crippen LogP contribution in [-0.2, 0) is 0 Å². The average molecular weight is 265 g/mol. The first-order valence-electron chi connectivity index (χ1n) is 7.01. The summed E-state index contributed by atoms with van der Waals surface area (Å²) in [7, 11) is 0. The summed E-state index contributed by atoms with van der Waals surface area (Å²) in [6.45, 7) is 6.09. The van der Waals surface area contributed by atoms with Crippen molar-refractivity contribution in [3.63, 3.8) is 0 Å². The van der Waals surface area contributed by atoms with Crippen molar-refractivity contribution in [1.29, 1.82) is 0 Å². The molecule has 104 valence electrons. The fraction of sp³-hybridized carbons (Fsp3) is 0.833. The van der Waals surface area contributed by atoms with Crippen molar-refractivity contribution in [2.45, 2.75) is 24.6 Å². The molecule has 4 fully saturated rings. The lowest BCUT2D eigenvalue weighted by molar-refractivity contribution is 0.00781. The van der Waals surface area contributed by atoms with Crippen LogP contribution >= 0.6 is 0 Å². The van der Waals surface area contributed by atoms with Crippen molar-refractivity contribution in [3.05, 3.63) is 11.7 Å². The van der Waals surface area contributed by atoms with Crippen molar-refractivity contribution >= 4 is 0 Å². The third kappa shape index (κ3) is 2.06. The third-order valence-corrected chi connectivity index (χ3v) is 4.44. The van der Waals surface area contributed by atoms with Gasteiger partial charge < -0.3 is 14.9 Å². The fourth-order valence-corrected chi connectivity index (χ4v) is 3.29. The van der Waals surface area contributed by atoms with Gasteiger partial charge in [-0.25, -0.2) is 0 Å². The highest BCUT2D eigenvalue weighted by Crippen LogP contribution is 2.29. The Morgan fingerprint density at radius 1 is 1.26 bits per heavy atom. The SMILES string of the molecule is OC1CNC(c2nc(C3CN4CCN3CC4)no2)C1. The lowest BCUT2D eigenvalue weighted by Gasteiger charge is -2.46. The summed E-state index contributed by atoms with van der Waals surface area (Å²) in [5.41, 5.74) is 0. The molecule has 0 saturated carbocycles. The number of nitrogens with one attached hydrogen (secondary N) is 1. The number of hydrogen-bond acceptors (Lipinski definition) is 7. The van der Waals surface area contributed by atoms with Crippen LogP contribution in [0.2, 0.25) is 0 Å². The summed E-state index contributed by atoms with van der Waals surface area (Å²) < 4.78 is 5.38. The van der Waals surface area contributed by atoms with Gasteiger partial charge in [-0.2, -0.15) is 4.98 Å². The highest BCUT2D eigenvalue weighted by molar-refractivity contribution is 5.04. The molecule has 5 heterocycles. The van der Waals surface area contributed by atoms with Gasteiger partial charge in [-0.1, -0.05) is 5.16 Å². The molecule has 2 N–H and O–H groups in total. The van der Waals surface area contributed by atoms with Gasteiger partial charge in [0.1, 0.15) is 0 Å². The van der Waals surface area contributed by atoms with E-state index in [-0.39, 0.29) is 18.2 Å². The zero-order chi connectivity index (χ0) is 12.8. The van der Waals surface area contributed by atoms with Crippen LogP contribution in [0.25, 0.3) is 0 Å². The van der Waals surface area contributed by atoms with Gasteiger partial charge in [0.25, 0.3) is 0 Å². The summed E-state index contributed by atoms with van der Waals surface area (Å²) in [5, 5.41) is 16.9. The predicted octanol–water partition coefficient (Wildman–Crippen LogP) is -0.863. The summed E-state index contributed by atoms with van der Waals surface area (Å²) in [4.78, 5) is 9.44. The second-order valence-electron chi connectivity index (χ2n) is 5.69. The smallest absolute Gasteiger partial charge is 0.243 e. The maximum Gasteiger partial charge on any atom is 0.243 e. The molecule has 4 saturated heterocycles. The number of nitrogens with zero attached hydrogens (tertiary/aromatic N) is 4. The van der Waals surface area contributed by atoms with Gasteiger partial charge >= 0.3 is 0 Å². The van der Waals surface area contributed by atoms with Crippen molar-refractivity contribution in [2.24, 2.45) is 0 Å². The van der Waals surface area contributed by atoms with E-state index in [1.165, 1.54) is 0 Å². The Labute approximate surface area is 111 Å². The molecule has 3 unspecified atom stereocenters. The van der Waals surface area contributed by atoms with Crippen LogP contribution < -0.4 is 5.32 Å². The highest BCUT2D eigenvalue weighted by Gasteiger charge is 2.36. The molecule has 0 aromatic carbocycles. The van der Waals surface area contributed by atoms with Crippen molar-refractivity contribution in [3.8, 4) is 0 Å². The zero-order valence-electron chi connectivity index (χ0n) is 10.8. The van der Waals surface area contributed by atoms with Crippen molar-refractivity contribution < 1.29 is 9.63 Å². The molecule has 1 aromatic heterocycles. The van der Waals surface area contributed by atoms with Crippen LogP contribution in [0.15, 0.2) is 4.52 Å². The Bertz CT molecular complexity index is 457. The van der Waals surface area contributed by atoms with E-state index in [9.17, 15) is 5.11 Å². The second-order valence-corrected chi connectivity index (χ2v) is 5.69. The maximum absolute atomic E-state index is 9.54. The van der Waals surface area contributed by atoms with Gasteiger partial charge in [0, 0.05) is 39.3 Å². The van der Waals surface area contributed by atoms with E-state index in [0.29, 0.717) is 18.9 Å². The molecule has 19 heavy (non-hydrogen) atoms. The second kappa shape index (κ2) is 4.52. The van der Waals surface area contributed by atoms with E-state index in [1.807, 2.05) is 0 Å². The van der Waals surface area contributed by atoms with Gasteiger partial charge in [0.05, 0.1) is 18.2 Å². The number of aromatic nitrogens is 2. The van der Waals surface area contributed by atoms with E-state index in [4.69, 9.17) is 4.52 Å². The van der Waals surface area contributed by atoms with E-state index >= 15 is 0 Å². The molecule has 0 aliphatic carbocycles. The van der Waals surface area contributed by atoms with Crippen LogP contribution in [0.4, 0.5) is 0 Å². The summed E-state index contributed by atoms with van der Waals surface area (Å²) >= 11 is 0. The average Bonchev–Trinajstić information content (AvgIpc) is 3.08. The largest absolute Gasteiger partial charge is 0.392 e. The lowest BCUT2D eigenvalue weighted by Crippen LogP contribution is -2.57. The molecule has 1 aromatic rings. The van der Waals surface area contributed by atoms with Gasteiger partial charge in [0.2, 0.25) is 5.89 Å². The highest BCUT2D eigenvalue weighted by atomic mass is 16.5. The van der Waals surface area contributed by atoms with Crippen LogP contribution in [0.5, 0.6) is 0 Å². The number of fused-ring (bicyclic) bond motifs is 3. The minimum Gasteiger partial charge on any atom is -0.392 e. The number of hydrogen-bond donors (Lipinski definition) is 2. The van der Waals surface area contributed by atoms with Crippen molar-refractivity contribution in [1.82, 2.24) is 25.3 Å². The van der Waals surface area contributed by atoms with E-state index in [0.717, 1.165) is 38.5 Å². The van der Waals surface area contributed by atoms with Gasteiger partial charge in [-0.15, -0.1) is 0 Å². The van der Waals surface area contributed by atoms with Crippen LogP contribution in [0.3, 0.4) is 0 Å². The van der Waals surface area contributed by atoms with Gasteiger partial charge in [-0.05, 0) is 6.42 Å². The standard InChI is InChI=1S/C12H19N5O2/c18-8-5-9(13-6-8)12-14-11(15-19-12)10-7-16-1-3-17(10)4-2-16/h8-10,13,18H,1-7H2. The maximum atomic E-state index is 9.54. The first-order valence-corrected chi connectivity index (χ1v) is 7.01. The minimum atomic E-state index is -0.305. The number of β-amino-alcohol motifs (C(OH)–C–C–N with tert-alkyl or cyclic N) is 1. The first-order chi connectivity index (χ1) is 9.29.